The van der Waals surface area contributed by atoms with Gasteiger partial charge in [0.15, 0.2) is 5.78 Å². The van der Waals surface area contributed by atoms with Crippen molar-refractivity contribution in [1.29, 1.82) is 0 Å². The van der Waals surface area contributed by atoms with E-state index in [0.29, 0.717) is 35.0 Å². The first-order valence-electron chi connectivity index (χ1n) is 9.33. The van der Waals surface area contributed by atoms with Crippen molar-refractivity contribution in [1.82, 2.24) is 10.6 Å². The van der Waals surface area contributed by atoms with Gasteiger partial charge in [0.2, 0.25) is 11.8 Å². The lowest BCUT2D eigenvalue weighted by Crippen LogP contribution is -2.51. The van der Waals surface area contributed by atoms with E-state index in [-0.39, 0.29) is 23.0 Å². The van der Waals surface area contributed by atoms with Crippen LogP contribution in [-0.2, 0) is 9.59 Å². The van der Waals surface area contributed by atoms with Crippen LogP contribution in [-0.4, -0.2) is 30.2 Å². The van der Waals surface area contributed by atoms with Crippen molar-refractivity contribution in [2.75, 3.05) is 6.54 Å². The van der Waals surface area contributed by atoms with Crippen LogP contribution in [0.1, 0.15) is 67.5 Å². The van der Waals surface area contributed by atoms with E-state index in [2.05, 4.69) is 10.6 Å². The first kappa shape index (κ1) is 19.4. The molecule has 0 radical (unpaired) electrons. The van der Waals surface area contributed by atoms with E-state index < -0.39 is 6.04 Å². The van der Waals surface area contributed by atoms with Crippen LogP contribution in [0.2, 0.25) is 4.34 Å². The van der Waals surface area contributed by atoms with Gasteiger partial charge in [0.05, 0.1) is 9.21 Å². The second-order valence-corrected chi connectivity index (χ2v) is 9.21. The van der Waals surface area contributed by atoms with Gasteiger partial charge in [0.25, 0.3) is 0 Å². The minimum absolute atomic E-state index is 0.0620. The van der Waals surface area contributed by atoms with Crippen LogP contribution in [0.15, 0.2) is 12.1 Å². The van der Waals surface area contributed by atoms with Crippen LogP contribution in [0, 0.1) is 5.41 Å². The molecule has 1 aromatic heterocycles. The molecule has 7 heteroatoms. The Hall–Kier alpha value is -1.40. The highest BCUT2D eigenvalue weighted by atomic mass is 35.5. The molecule has 2 amide bonds. The van der Waals surface area contributed by atoms with Gasteiger partial charge in [-0.05, 0) is 43.2 Å². The van der Waals surface area contributed by atoms with Gasteiger partial charge in [-0.2, -0.15) is 0 Å². The standard InChI is InChI=1S/C19H25ClN2O3S/c20-16-7-6-15(26-16)14(23)11-19(8-2-1-3-9-19)12-17(24)22-13-5-4-10-21-18(13)25/h6-7,13H,1-5,8-12H2,(H,21,25)(H,22,24)/t13-/m1/s1. The molecule has 1 aromatic rings. The zero-order valence-electron chi connectivity index (χ0n) is 14.8. The number of nitrogens with one attached hydrogen (secondary N) is 2. The van der Waals surface area contributed by atoms with Gasteiger partial charge in [-0.1, -0.05) is 30.9 Å². The normalized spacial score (nSPS) is 22.5. The maximum Gasteiger partial charge on any atom is 0.242 e. The van der Waals surface area contributed by atoms with E-state index in [9.17, 15) is 14.4 Å². The van der Waals surface area contributed by atoms with E-state index in [0.717, 1.165) is 38.5 Å². The molecule has 0 spiro atoms. The molecule has 3 rings (SSSR count). The Bertz CT molecular complexity index is 682. The zero-order valence-corrected chi connectivity index (χ0v) is 16.4. The molecule has 0 aromatic carbocycles. The van der Waals surface area contributed by atoms with E-state index >= 15 is 0 Å². The van der Waals surface area contributed by atoms with Gasteiger partial charge in [0.1, 0.15) is 6.04 Å². The highest BCUT2D eigenvalue weighted by molar-refractivity contribution is 7.18. The van der Waals surface area contributed by atoms with Gasteiger partial charge in [-0.3, -0.25) is 14.4 Å². The number of carbonyl (C=O) groups excluding carboxylic acids is 3. The highest BCUT2D eigenvalue weighted by Gasteiger charge is 2.37. The quantitative estimate of drug-likeness (QED) is 0.719. The van der Waals surface area contributed by atoms with Gasteiger partial charge in [0, 0.05) is 19.4 Å². The molecule has 142 valence electrons. The third-order valence-electron chi connectivity index (χ3n) is 5.45. The number of Topliss-reactive ketones (excluding diaryl/α,β-unsaturated/α-hetero) is 1. The summed E-state index contributed by atoms with van der Waals surface area (Å²) in [4.78, 5) is 37.9. The van der Waals surface area contributed by atoms with Crippen molar-refractivity contribution in [2.45, 2.75) is 63.8 Å². The van der Waals surface area contributed by atoms with Crippen molar-refractivity contribution in [3.05, 3.63) is 21.3 Å². The monoisotopic (exact) mass is 396 g/mol. The largest absolute Gasteiger partial charge is 0.354 e. The number of hydrogen-bond donors (Lipinski definition) is 2. The third-order valence-corrected chi connectivity index (χ3v) is 6.73. The number of hydrogen-bond acceptors (Lipinski definition) is 4. The minimum Gasteiger partial charge on any atom is -0.354 e. The Morgan fingerprint density at radius 2 is 1.96 bits per heavy atom. The van der Waals surface area contributed by atoms with Crippen LogP contribution >= 0.6 is 22.9 Å². The van der Waals surface area contributed by atoms with Crippen LogP contribution in [0.5, 0.6) is 0 Å². The smallest absolute Gasteiger partial charge is 0.242 e. The number of ketones is 1. The molecule has 2 heterocycles. The van der Waals surface area contributed by atoms with Gasteiger partial charge >= 0.3 is 0 Å². The number of amides is 2. The van der Waals surface area contributed by atoms with E-state index in [4.69, 9.17) is 11.6 Å². The summed E-state index contributed by atoms with van der Waals surface area (Å²) in [5.74, 6) is -0.162. The molecule has 1 atom stereocenters. The zero-order chi connectivity index (χ0) is 18.6. The fourth-order valence-corrected chi connectivity index (χ4v) is 5.09. The summed E-state index contributed by atoms with van der Waals surface area (Å²) < 4.78 is 0.604. The SMILES string of the molecule is O=C(CC1(CC(=O)c2ccc(Cl)s2)CCCCC1)N[C@@H]1CCCNC1=O. The second-order valence-electron chi connectivity index (χ2n) is 7.49. The van der Waals surface area contributed by atoms with E-state index in [1.54, 1.807) is 12.1 Å². The average Bonchev–Trinajstić information content (AvgIpc) is 3.04. The lowest BCUT2D eigenvalue weighted by atomic mass is 9.68. The molecule has 1 aliphatic carbocycles. The number of rotatable bonds is 6. The summed E-state index contributed by atoms with van der Waals surface area (Å²) in [5, 5.41) is 5.66. The molecule has 0 unspecified atom stereocenters. The van der Waals surface area contributed by atoms with E-state index in [1.807, 2.05) is 0 Å². The van der Waals surface area contributed by atoms with Crippen molar-refractivity contribution >= 4 is 40.5 Å². The molecule has 2 N–H and O–H groups in total. The van der Waals surface area contributed by atoms with Gasteiger partial charge in [-0.25, -0.2) is 0 Å². The molecule has 1 saturated carbocycles. The Balaban J connectivity index is 1.65. The Morgan fingerprint density at radius 1 is 1.19 bits per heavy atom. The van der Waals surface area contributed by atoms with Crippen molar-refractivity contribution in [3.63, 3.8) is 0 Å². The summed E-state index contributed by atoms with van der Waals surface area (Å²) in [7, 11) is 0. The molecule has 2 fully saturated rings. The summed E-state index contributed by atoms with van der Waals surface area (Å²) in [6, 6.07) is 3.06. The van der Waals surface area contributed by atoms with Crippen molar-refractivity contribution < 1.29 is 14.4 Å². The van der Waals surface area contributed by atoms with Crippen molar-refractivity contribution in [2.24, 2.45) is 5.41 Å². The first-order valence-corrected chi connectivity index (χ1v) is 10.5. The Morgan fingerprint density at radius 3 is 2.62 bits per heavy atom. The summed E-state index contributed by atoms with van der Waals surface area (Å²) in [6.07, 6.45) is 7.20. The maximum absolute atomic E-state index is 12.7. The number of piperidine rings is 1. The molecule has 0 bridgehead atoms. The third kappa shape index (κ3) is 4.86. The number of halogens is 1. The second kappa shape index (κ2) is 8.53. The fraction of sp³-hybridized carbons (Fsp3) is 0.632. The summed E-state index contributed by atoms with van der Waals surface area (Å²) in [5.41, 5.74) is -0.305. The number of carbonyl (C=O) groups is 3. The minimum atomic E-state index is -0.441. The Kier molecular flexibility index (Phi) is 6.35. The molecule has 5 nitrogen and oxygen atoms in total. The van der Waals surface area contributed by atoms with Crippen LogP contribution in [0.3, 0.4) is 0 Å². The molecule has 1 aliphatic heterocycles. The fourth-order valence-electron chi connectivity index (χ4n) is 4.11. The van der Waals surface area contributed by atoms with Gasteiger partial charge in [-0.15, -0.1) is 11.3 Å². The average molecular weight is 397 g/mol. The van der Waals surface area contributed by atoms with Crippen molar-refractivity contribution in [3.8, 4) is 0 Å². The molecular formula is C19H25ClN2O3S. The lowest BCUT2D eigenvalue weighted by Gasteiger charge is -2.37. The van der Waals surface area contributed by atoms with Crippen LogP contribution in [0.4, 0.5) is 0 Å². The lowest BCUT2D eigenvalue weighted by molar-refractivity contribution is -0.131. The molecule has 2 aliphatic rings. The van der Waals surface area contributed by atoms with Gasteiger partial charge < -0.3 is 10.6 Å². The number of thiophene rings is 1. The predicted octanol–water partition coefficient (Wildman–Crippen LogP) is 3.71. The molecular weight excluding hydrogens is 372 g/mol. The van der Waals surface area contributed by atoms with Crippen LogP contribution in [0.25, 0.3) is 0 Å². The topological polar surface area (TPSA) is 75.3 Å². The first-order chi connectivity index (χ1) is 12.5. The maximum atomic E-state index is 12.7. The van der Waals surface area contributed by atoms with Crippen LogP contribution < -0.4 is 10.6 Å². The van der Waals surface area contributed by atoms with E-state index in [1.165, 1.54) is 11.3 Å². The highest BCUT2D eigenvalue weighted by Crippen LogP contribution is 2.43. The predicted molar refractivity (Wildman–Crippen MR) is 103 cm³/mol. The Labute approximate surface area is 162 Å². The molecule has 26 heavy (non-hydrogen) atoms. The molecule has 1 saturated heterocycles. The summed E-state index contributed by atoms with van der Waals surface area (Å²) >= 11 is 7.25. The summed E-state index contributed by atoms with van der Waals surface area (Å²) in [6.45, 7) is 0.674.